The molecule has 33 heavy (non-hydrogen) atoms. The van der Waals surface area contributed by atoms with Gasteiger partial charge in [-0.25, -0.2) is 0 Å². The van der Waals surface area contributed by atoms with Crippen LogP contribution in [0.25, 0.3) is 17.2 Å². The van der Waals surface area contributed by atoms with Gasteiger partial charge in [-0.2, -0.15) is 0 Å². The van der Waals surface area contributed by atoms with E-state index in [1.54, 1.807) is 0 Å². The Labute approximate surface area is 195 Å². The predicted octanol–water partition coefficient (Wildman–Crippen LogP) is 5.12. The number of nitrogens with zero attached hydrogens (tertiary/aromatic N) is 1. The van der Waals surface area contributed by atoms with Crippen LogP contribution in [-0.4, -0.2) is 36.1 Å². The highest BCUT2D eigenvalue weighted by Gasteiger charge is 2.57. The van der Waals surface area contributed by atoms with Crippen molar-refractivity contribution in [2.24, 2.45) is 29.6 Å². The number of esters is 1. The summed E-state index contributed by atoms with van der Waals surface area (Å²) in [6, 6.07) is 14.5. The first-order valence-electron chi connectivity index (χ1n) is 12.3. The molecule has 5 nitrogen and oxygen atoms in total. The molecule has 2 aromatic rings. The molecule has 2 aliphatic carbocycles. The summed E-state index contributed by atoms with van der Waals surface area (Å²) in [6.07, 6.45) is 10.1. The van der Waals surface area contributed by atoms with Crippen LogP contribution in [0.1, 0.15) is 38.3 Å². The van der Waals surface area contributed by atoms with E-state index in [1.165, 1.54) is 5.56 Å². The molecule has 2 aliphatic heterocycles. The summed E-state index contributed by atoms with van der Waals surface area (Å²) < 4.78 is 17.8. The molecule has 6 unspecified atom stereocenters. The average molecular weight is 446 g/mol. The predicted molar refractivity (Wildman–Crippen MR) is 125 cm³/mol. The van der Waals surface area contributed by atoms with Crippen LogP contribution in [0.2, 0.25) is 0 Å². The number of ether oxygens (including phenoxy) is 3. The second-order valence-electron chi connectivity index (χ2n) is 10.1. The van der Waals surface area contributed by atoms with Crippen LogP contribution in [0.5, 0.6) is 0 Å². The third kappa shape index (κ3) is 3.81. The van der Waals surface area contributed by atoms with E-state index < -0.39 is 5.79 Å². The molecular weight excluding hydrogens is 414 g/mol. The number of carbonyl (C=O) groups excluding carboxylic acids is 1. The first-order chi connectivity index (χ1) is 16.1. The lowest BCUT2D eigenvalue weighted by molar-refractivity contribution is -0.204. The molecule has 4 fully saturated rings. The normalized spacial score (nSPS) is 34.9. The van der Waals surface area contributed by atoms with Gasteiger partial charge in [0.1, 0.15) is 6.10 Å². The molecule has 3 heterocycles. The molecule has 6 rings (SSSR count). The van der Waals surface area contributed by atoms with Gasteiger partial charge >= 0.3 is 5.97 Å². The number of cyclic esters (lactones) is 1. The van der Waals surface area contributed by atoms with Gasteiger partial charge in [0, 0.05) is 30.5 Å². The molecule has 5 heteroatoms. The number of hydrogen-bond donors (Lipinski definition) is 0. The summed E-state index contributed by atoms with van der Waals surface area (Å²) in [5.74, 6) is 0.983. The van der Waals surface area contributed by atoms with Gasteiger partial charge in [-0.1, -0.05) is 42.5 Å². The smallest absolute Gasteiger partial charge is 0.309 e. The molecular formula is C28H31NO4. The molecule has 1 aromatic heterocycles. The molecule has 0 radical (unpaired) electrons. The number of benzene rings is 1. The van der Waals surface area contributed by atoms with E-state index in [0.717, 1.165) is 36.9 Å². The molecule has 0 bridgehead atoms. The van der Waals surface area contributed by atoms with Crippen LogP contribution < -0.4 is 0 Å². The molecule has 0 N–H and O–H groups in total. The largest absolute Gasteiger partial charge is 0.462 e. The summed E-state index contributed by atoms with van der Waals surface area (Å²) in [6.45, 7) is 3.41. The quantitative estimate of drug-likeness (QED) is 0.614. The SMILES string of the molecule is CC1OC(=O)C2CC3CC4(CCC3C(C=Cc3ccc(-c5ccccc5)cn3)C12)OCCO4. The minimum absolute atomic E-state index is 0.0254. The molecule has 172 valence electrons. The second-order valence-corrected chi connectivity index (χ2v) is 10.1. The minimum atomic E-state index is -0.425. The van der Waals surface area contributed by atoms with Crippen LogP contribution in [0.3, 0.4) is 0 Å². The third-order valence-electron chi connectivity index (χ3n) is 8.34. The van der Waals surface area contributed by atoms with Gasteiger partial charge in [-0.3, -0.25) is 9.78 Å². The number of fused-ring (bicyclic) bond motifs is 2. The van der Waals surface area contributed by atoms with Crippen LogP contribution >= 0.6 is 0 Å². The topological polar surface area (TPSA) is 57.7 Å². The van der Waals surface area contributed by atoms with Gasteiger partial charge in [0.15, 0.2) is 5.79 Å². The van der Waals surface area contributed by atoms with Gasteiger partial charge in [0.05, 0.1) is 24.8 Å². The first-order valence-corrected chi connectivity index (χ1v) is 12.3. The van der Waals surface area contributed by atoms with Gasteiger partial charge in [0.25, 0.3) is 0 Å². The van der Waals surface area contributed by atoms with Crippen molar-refractivity contribution in [2.75, 3.05) is 13.2 Å². The van der Waals surface area contributed by atoms with Crippen molar-refractivity contribution in [3.8, 4) is 11.1 Å². The Balaban J connectivity index is 1.26. The van der Waals surface area contributed by atoms with Crippen molar-refractivity contribution >= 4 is 12.0 Å². The lowest BCUT2D eigenvalue weighted by Crippen LogP contribution is -2.49. The van der Waals surface area contributed by atoms with Crippen molar-refractivity contribution in [3.05, 3.63) is 60.4 Å². The Kier molecular flexibility index (Phi) is 5.34. The number of carbonyl (C=O) groups is 1. The van der Waals surface area contributed by atoms with Crippen LogP contribution in [0.15, 0.2) is 54.7 Å². The molecule has 2 saturated heterocycles. The summed E-state index contributed by atoms with van der Waals surface area (Å²) in [4.78, 5) is 17.4. The summed E-state index contributed by atoms with van der Waals surface area (Å²) in [5, 5.41) is 0. The Morgan fingerprint density at radius 1 is 1.06 bits per heavy atom. The molecule has 1 aromatic carbocycles. The average Bonchev–Trinajstić information content (AvgIpc) is 3.41. The third-order valence-corrected chi connectivity index (χ3v) is 8.34. The maximum absolute atomic E-state index is 12.7. The lowest BCUT2D eigenvalue weighted by atomic mass is 9.56. The summed E-state index contributed by atoms with van der Waals surface area (Å²) >= 11 is 0. The van der Waals surface area contributed by atoms with Crippen LogP contribution in [0.4, 0.5) is 0 Å². The first kappa shape index (κ1) is 21.1. The van der Waals surface area contributed by atoms with E-state index >= 15 is 0 Å². The van der Waals surface area contributed by atoms with E-state index in [-0.39, 0.29) is 23.9 Å². The summed E-state index contributed by atoms with van der Waals surface area (Å²) in [7, 11) is 0. The van der Waals surface area contributed by atoms with E-state index in [9.17, 15) is 4.79 Å². The van der Waals surface area contributed by atoms with Crippen molar-refractivity contribution in [1.82, 2.24) is 4.98 Å². The number of allylic oxidation sites excluding steroid dienone is 1. The Morgan fingerprint density at radius 2 is 1.88 bits per heavy atom. The standard InChI is InChI=1S/C28H31NO4/c1-18-26-24(10-9-22-8-7-20(17-29-22)19-5-3-2-4-6-19)23-11-12-28(31-13-14-32-28)16-21(23)15-25(26)27(30)33-18/h2-10,17-18,21,23-26H,11-16H2,1H3. The maximum Gasteiger partial charge on any atom is 0.309 e. The molecule has 6 atom stereocenters. The molecule has 0 amide bonds. The molecule has 4 aliphatic rings. The van der Waals surface area contributed by atoms with Gasteiger partial charge in [-0.05, 0) is 55.2 Å². The van der Waals surface area contributed by atoms with Crippen molar-refractivity contribution < 1.29 is 19.0 Å². The number of aromatic nitrogens is 1. The van der Waals surface area contributed by atoms with Crippen molar-refractivity contribution in [2.45, 2.75) is 44.5 Å². The van der Waals surface area contributed by atoms with E-state index in [2.05, 4.69) is 43.3 Å². The van der Waals surface area contributed by atoms with Crippen LogP contribution in [0, 0.1) is 29.6 Å². The number of rotatable bonds is 3. The van der Waals surface area contributed by atoms with Gasteiger partial charge in [0.2, 0.25) is 0 Å². The Morgan fingerprint density at radius 3 is 2.64 bits per heavy atom. The minimum Gasteiger partial charge on any atom is -0.462 e. The Hall–Kier alpha value is -2.50. The van der Waals surface area contributed by atoms with Gasteiger partial charge in [-0.15, -0.1) is 0 Å². The monoisotopic (exact) mass is 445 g/mol. The van der Waals surface area contributed by atoms with E-state index in [4.69, 9.17) is 19.2 Å². The van der Waals surface area contributed by atoms with Crippen LogP contribution in [-0.2, 0) is 19.0 Å². The number of hydrogen-bond acceptors (Lipinski definition) is 5. The molecule has 2 saturated carbocycles. The highest BCUT2D eigenvalue weighted by molar-refractivity contribution is 5.75. The second kappa shape index (κ2) is 8.37. The fourth-order valence-electron chi connectivity index (χ4n) is 6.86. The highest BCUT2D eigenvalue weighted by Crippen LogP contribution is 2.56. The highest BCUT2D eigenvalue weighted by atomic mass is 16.7. The van der Waals surface area contributed by atoms with Gasteiger partial charge < -0.3 is 14.2 Å². The van der Waals surface area contributed by atoms with E-state index in [0.29, 0.717) is 31.0 Å². The molecule has 1 spiro atoms. The lowest BCUT2D eigenvalue weighted by Gasteiger charge is -2.49. The van der Waals surface area contributed by atoms with E-state index in [1.807, 2.05) is 24.4 Å². The Bertz CT molecular complexity index is 1030. The fraction of sp³-hybridized carbons (Fsp3) is 0.500. The zero-order valence-electron chi connectivity index (χ0n) is 19.1. The zero-order valence-corrected chi connectivity index (χ0v) is 19.1. The number of pyridine rings is 1. The summed E-state index contributed by atoms with van der Waals surface area (Å²) in [5.41, 5.74) is 3.23. The van der Waals surface area contributed by atoms with Crippen molar-refractivity contribution in [1.29, 1.82) is 0 Å². The zero-order chi connectivity index (χ0) is 22.4. The van der Waals surface area contributed by atoms with Crippen molar-refractivity contribution in [3.63, 3.8) is 0 Å². The maximum atomic E-state index is 12.7. The fourth-order valence-corrected chi connectivity index (χ4v) is 6.86.